The Morgan fingerprint density at radius 3 is 2.36 bits per heavy atom. The van der Waals surface area contributed by atoms with E-state index in [-0.39, 0.29) is 28.8 Å². The van der Waals surface area contributed by atoms with Gasteiger partial charge in [0.25, 0.3) is 0 Å². The van der Waals surface area contributed by atoms with Gasteiger partial charge in [0, 0.05) is 24.7 Å². The van der Waals surface area contributed by atoms with Gasteiger partial charge in [-0.2, -0.15) is 0 Å². The van der Waals surface area contributed by atoms with E-state index in [1.165, 1.54) is 0 Å². The number of carbonyl (C=O) groups excluding carboxylic acids is 2. The molecule has 2 heteroatoms. The lowest BCUT2D eigenvalue weighted by Gasteiger charge is -2.27. The standard InChI is InChI=1S/C12H20O2/c1-8(12(2,3)4)11(14)9-5-6-10(13)7-9/h8-9H,5-7H2,1-4H3. The first-order chi connectivity index (χ1) is 6.32. The van der Waals surface area contributed by atoms with Crippen molar-refractivity contribution < 1.29 is 9.59 Å². The van der Waals surface area contributed by atoms with Gasteiger partial charge in [0.1, 0.15) is 11.6 Å². The molecule has 0 spiro atoms. The van der Waals surface area contributed by atoms with Crippen molar-refractivity contribution in [2.45, 2.75) is 47.0 Å². The van der Waals surface area contributed by atoms with Crippen LogP contribution in [0.5, 0.6) is 0 Å². The molecule has 1 rings (SSSR count). The second-order valence-corrected chi connectivity index (χ2v) is 5.47. The lowest BCUT2D eigenvalue weighted by atomic mass is 9.76. The Morgan fingerprint density at radius 1 is 1.43 bits per heavy atom. The number of rotatable bonds is 2. The number of hydrogen-bond acceptors (Lipinski definition) is 2. The Hall–Kier alpha value is -0.660. The minimum Gasteiger partial charge on any atom is -0.300 e. The molecule has 0 N–H and O–H groups in total. The van der Waals surface area contributed by atoms with Crippen LogP contribution in [0.2, 0.25) is 0 Å². The van der Waals surface area contributed by atoms with Crippen LogP contribution in [0.1, 0.15) is 47.0 Å². The zero-order valence-corrected chi connectivity index (χ0v) is 9.59. The van der Waals surface area contributed by atoms with Crippen molar-refractivity contribution in [3.05, 3.63) is 0 Å². The van der Waals surface area contributed by atoms with Crippen molar-refractivity contribution in [3.63, 3.8) is 0 Å². The van der Waals surface area contributed by atoms with Crippen LogP contribution in [0.4, 0.5) is 0 Å². The van der Waals surface area contributed by atoms with E-state index in [0.29, 0.717) is 12.8 Å². The smallest absolute Gasteiger partial charge is 0.139 e. The van der Waals surface area contributed by atoms with Gasteiger partial charge < -0.3 is 0 Å². The highest BCUT2D eigenvalue weighted by atomic mass is 16.1. The molecule has 1 saturated carbocycles. The molecule has 0 aliphatic heterocycles. The zero-order chi connectivity index (χ0) is 10.9. The molecule has 0 aromatic carbocycles. The third-order valence-corrected chi connectivity index (χ3v) is 3.37. The summed E-state index contributed by atoms with van der Waals surface area (Å²) in [7, 11) is 0. The first-order valence-corrected chi connectivity index (χ1v) is 5.38. The molecule has 1 aliphatic carbocycles. The Morgan fingerprint density at radius 2 is 2.00 bits per heavy atom. The van der Waals surface area contributed by atoms with E-state index in [1.54, 1.807) is 0 Å². The van der Waals surface area contributed by atoms with E-state index in [1.807, 2.05) is 6.92 Å². The highest BCUT2D eigenvalue weighted by Gasteiger charge is 2.35. The predicted molar refractivity (Wildman–Crippen MR) is 56.0 cm³/mol. The molecule has 80 valence electrons. The van der Waals surface area contributed by atoms with Gasteiger partial charge >= 0.3 is 0 Å². The molecule has 2 atom stereocenters. The topological polar surface area (TPSA) is 34.1 Å². The molecule has 0 radical (unpaired) electrons. The van der Waals surface area contributed by atoms with Gasteiger partial charge in [0.2, 0.25) is 0 Å². The summed E-state index contributed by atoms with van der Waals surface area (Å²) in [5, 5.41) is 0. The van der Waals surface area contributed by atoms with Gasteiger partial charge in [-0.05, 0) is 11.8 Å². The average Bonchev–Trinajstić information content (AvgIpc) is 2.47. The summed E-state index contributed by atoms with van der Waals surface area (Å²) in [6, 6.07) is 0. The molecule has 0 aromatic heterocycles. The summed E-state index contributed by atoms with van der Waals surface area (Å²) < 4.78 is 0. The van der Waals surface area contributed by atoms with Crippen molar-refractivity contribution in [1.82, 2.24) is 0 Å². The van der Waals surface area contributed by atoms with Crippen molar-refractivity contribution in [2.75, 3.05) is 0 Å². The van der Waals surface area contributed by atoms with Crippen molar-refractivity contribution >= 4 is 11.6 Å². The van der Waals surface area contributed by atoms with E-state index in [2.05, 4.69) is 20.8 Å². The molecule has 14 heavy (non-hydrogen) atoms. The van der Waals surface area contributed by atoms with Gasteiger partial charge in [0.05, 0.1) is 0 Å². The van der Waals surface area contributed by atoms with E-state index in [0.717, 1.165) is 6.42 Å². The van der Waals surface area contributed by atoms with Crippen LogP contribution >= 0.6 is 0 Å². The third-order valence-electron chi connectivity index (χ3n) is 3.37. The zero-order valence-electron chi connectivity index (χ0n) is 9.59. The van der Waals surface area contributed by atoms with Crippen molar-refractivity contribution in [3.8, 4) is 0 Å². The van der Waals surface area contributed by atoms with Crippen LogP contribution in [0.3, 0.4) is 0 Å². The van der Waals surface area contributed by atoms with Gasteiger partial charge in [-0.3, -0.25) is 9.59 Å². The summed E-state index contributed by atoms with van der Waals surface area (Å²) in [6.07, 6.45) is 1.87. The lowest BCUT2D eigenvalue weighted by Crippen LogP contribution is -2.30. The Balaban J connectivity index is 2.62. The van der Waals surface area contributed by atoms with Gasteiger partial charge in [-0.15, -0.1) is 0 Å². The summed E-state index contributed by atoms with van der Waals surface area (Å²) in [4.78, 5) is 23.1. The quantitative estimate of drug-likeness (QED) is 0.680. The SMILES string of the molecule is CC(C(=O)C1CCC(=O)C1)C(C)(C)C. The van der Waals surface area contributed by atoms with E-state index in [9.17, 15) is 9.59 Å². The van der Waals surface area contributed by atoms with Gasteiger partial charge in [-0.1, -0.05) is 27.7 Å². The molecule has 2 nitrogen and oxygen atoms in total. The monoisotopic (exact) mass is 196 g/mol. The number of ketones is 2. The summed E-state index contributed by atoms with van der Waals surface area (Å²) in [5.41, 5.74) is 0.0166. The largest absolute Gasteiger partial charge is 0.300 e. The lowest BCUT2D eigenvalue weighted by molar-refractivity contribution is -0.130. The first-order valence-electron chi connectivity index (χ1n) is 5.38. The molecule has 0 heterocycles. The normalized spacial score (nSPS) is 25.1. The number of Topliss-reactive ketones (excluding diaryl/α,β-unsaturated/α-hetero) is 2. The molecule has 0 amide bonds. The molecule has 2 unspecified atom stereocenters. The van der Waals surface area contributed by atoms with Crippen molar-refractivity contribution in [2.24, 2.45) is 17.3 Å². The molecule has 0 bridgehead atoms. The molecular weight excluding hydrogens is 176 g/mol. The van der Waals surface area contributed by atoms with Crippen LogP contribution in [0.15, 0.2) is 0 Å². The van der Waals surface area contributed by atoms with Crippen LogP contribution < -0.4 is 0 Å². The Bertz CT molecular complexity index is 248. The van der Waals surface area contributed by atoms with Gasteiger partial charge in [0.15, 0.2) is 0 Å². The highest BCUT2D eigenvalue weighted by molar-refractivity contribution is 5.92. The van der Waals surface area contributed by atoms with E-state index >= 15 is 0 Å². The molecule has 0 saturated heterocycles. The second kappa shape index (κ2) is 3.84. The fraction of sp³-hybridized carbons (Fsp3) is 0.833. The highest BCUT2D eigenvalue weighted by Crippen LogP contribution is 2.33. The predicted octanol–water partition coefficient (Wildman–Crippen LogP) is 2.61. The molecular formula is C12H20O2. The fourth-order valence-corrected chi connectivity index (χ4v) is 1.84. The maximum atomic E-state index is 12.0. The van der Waals surface area contributed by atoms with Crippen LogP contribution in [-0.2, 0) is 9.59 Å². The van der Waals surface area contributed by atoms with Crippen LogP contribution in [0.25, 0.3) is 0 Å². The molecule has 0 aromatic rings. The van der Waals surface area contributed by atoms with E-state index < -0.39 is 0 Å². The maximum absolute atomic E-state index is 12.0. The first kappa shape index (κ1) is 11.4. The number of carbonyl (C=O) groups is 2. The minimum atomic E-state index is 0.0109. The summed E-state index contributed by atoms with van der Waals surface area (Å²) >= 11 is 0. The summed E-state index contributed by atoms with van der Waals surface area (Å²) in [5.74, 6) is 0.600. The van der Waals surface area contributed by atoms with E-state index in [4.69, 9.17) is 0 Å². The maximum Gasteiger partial charge on any atom is 0.139 e. The third kappa shape index (κ3) is 2.43. The Labute approximate surface area is 86.1 Å². The fourth-order valence-electron chi connectivity index (χ4n) is 1.84. The molecule has 1 aliphatic rings. The average molecular weight is 196 g/mol. The number of hydrogen-bond donors (Lipinski definition) is 0. The van der Waals surface area contributed by atoms with Crippen LogP contribution in [-0.4, -0.2) is 11.6 Å². The minimum absolute atomic E-state index is 0.0109. The summed E-state index contributed by atoms with van der Waals surface area (Å²) in [6.45, 7) is 8.20. The van der Waals surface area contributed by atoms with Crippen molar-refractivity contribution in [1.29, 1.82) is 0 Å². The van der Waals surface area contributed by atoms with Crippen LogP contribution in [0, 0.1) is 17.3 Å². The molecule has 1 fully saturated rings. The second-order valence-electron chi connectivity index (χ2n) is 5.47. The Kier molecular flexibility index (Phi) is 3.13. The van der Waals surface area contributed by atoms with Gasteiger partial charge in [-0.25, -0.2) is 0 Å².